The zero-order valence-corrected chi connectivity index (χ0v) is 17.4. The molecule has 0 aliphatic rings. The minimum absolute atomic E-state index is 0.176. The van der Waals surface area contributed by atoms with E-state index in [1.165, 1.54) is 11.3 Å². The molecule has 0 bridgehead atoms. The summed E-state index contributed by atoms with van der Waals surface area (Å²) in [5.41, 5.74) is 1.52. The van der Waals surface area contributed by atoms with Crippen LogP contribution in [0.25, 0.3) is 21.9 Å². The molecule has 0 fully saturated rings. The first kappa shape index (κ1) is 20.5. The smallest absolute Gasteiger partial charge is 0.341 e. The molecule has 3 rings (SSSR count). The molecule has 2 aromatic heterocycles. The van der Waals surface area contributed by atoms with Crippen molar-refractivity contribution < 1.29 is 14.3 Å². The van der Waals surface area contributed by atoms with Gasteiger partial charge in [-0.05, 0) is 50.1 Å². The van der Waals surface area contributed by atoms with Crippen molar-refractivity contribution in [3.63, 3.8) is 0 Å². The van der Waals surface area contributed by atoms with Crippen LogP contribution in [-0.2, 0) is 9.53 Å². The number of esters is 1. The van der Waals surface area contributed by atoms with Gasteiger partial charge in [0.15, 0.2) is 0 Å². The molecule has 0 aliphatic heterocycles. The summed E-state index contributed by atoms with van der Waals surface area (Å²) < 4.78 is 10.7. The molecule has 2 heterocycles. The molecule has 1 N–H and O–H groups in total. The Morgan fingerprint density at radius 1 is 1.34 bits per heavy atom. The lowest BCUT2D eigenvalue weighted by molar-refractivity contribution is -0.136. The molecule has 0 radical (unpaired) electrons. The quantitative estimate of drug-likeness (QED) is 0.357. The third-order valence-corrected chi connectivity index (χ3v) is 5.43. The lowest BCUT2D eigenvalue weighted by Gasteiger charge is -2.08. The van der Waals surface area contributed by atoms with Crippen molar-refractivity contribution >= 4 is 39.2 Å². The molecule has 0 unspecified atom stereocenters. The van der Waals surface area contributed by atoms with E-state index in [4.69, 9.17) is 9.47 Å². The predicted octanol–water partition coefficient (Wildman–Crippen LogP) is 4.27. The van der Waals surface area contributed by atoms with Gasteiger partial charge in [0.25, 0.3) is 5.56 Å². The Balaban J connectivity index is 2.12. The number of aromatic amines is 1. The SMILES string of the molecule is C=CCOc1cccc(/C=C(\C(=O)OCC)c2nc3sc(C)c(C)c3c(=O)[nH]2)c1. The van der Waals surface area contributed by atoms with E-state index >= 15 is 0 Å². The average Bonchev–Trinajstić information content (AvgIpc) is 2.99. The molecule has 29 heavy (non-hydrogen) atoms. The van der Waals surface area contributed by atoms with Crippen molar-refractivity contribution in [1.29, 1.82) is 0 Å². The minimum atomic E-state index is -0.558. The van der Waals surface area contributed by atoms with Crippen LogP contribution >= 0.6 is 11.3 Å². The summed E-state index contributed by atoms with van der Waals surface area (Å²) in [5, 5.41) is 0.555. The molecule has 7 heteroatoms. The van der Waals surface area contributed by atoms with Crippen LogP contribution in [0.2, 0.25) is 0 Å². The molecule has 0 saturated heterocycles. The number of H-pyrrole nitrogens is 1. The van der Waals surface area contributed by atoms with Crippen LogP contribution in [-0.4, -0.2) is 29.2 Å². The van der Waals surface area contributed by atoms with Gasteiger partial charge in [-0.1, -0.05) is 24.8 Å². The lowest BCUT2D eigenvalue weighted by atomic mass is 10.1. The number of hydrogen-bond acceptors (Lipinski definition) is 6. The summed E-state index contributed by atoms with van der Waals surface area (Å²) in [5.74, 6) is 0.264. The molecule has 0 saturated carbocycles. The normalized spacial score (nSPS) is 11.5. The highest BCUT2D eigenvalue weighted by Crippen LogP contribution is 2.27. The van der Waals surface area contributed by atoms with Gasteiger partial charge in [-0.3, -0.25) is 4.79 Å². The first-order valence-corrected chi connectivity index (χ1v) is 9.99. The topological polar surface area (TPSA) is 81.3 Å². The monoisotopic (exact) mass is 410 g/mol. The van der Waals surface area contributed by atoms with Crippen molar-refractivity contribution in [1.82, 2.24) is 9.97 Å². The van der Waals surface area contributed by atoms with Crippen LogP contribution in [0, 0.1) is 13.8 Å². The van der Waals surface area contributed by atoms with Crippen molar-refractivity contribution in [2.24, 2.45) is 0 Å². The maximum Gasteiger partial charge on any atom is 0.341 e. The van der Waals surface area contributed by atoms with E-state index in [0.717, 1.165) is 16.0 Å². The fourth-order valence-electron chi connectivity index (χ4n) is 2.83. The van der Waals surface area contributed by atoms with Crippen molar-refractivity contribution in [3.8, 4) is 5.75 Å². The van der Waals surface area contributed by atoms with Crippen molar-refractivity contribution in [3.05, 3.63) is 69.1 Å². The van der Waals surface area contributed by atoms with Crippen LogP contribution in [0.1, 0.15) is 28.8 Å². The Morgan fingerprint density at radius 3 is 2.86 bits per heavy atom. The second kappa shape index (κ2) is 8.87. The number of benzene rings is 1. The van der Waals surface area contributed by atoms with Crippen molar-refractivity contribution in [2.45, 2.75) is 20.8 Å². The van der Waals surface area contributed by atoms with Gasteiger partial charge in [0.1, 0.15) is 28.6 Å². The van der Waals surface area contributed by atoms with E-state index < -0.39 is 5.97 Å². The molecule has 6 nitrogen and oxygen atoms in total. The fraction of sp³-hybridized carbons (Fsp3) is 0.227. The molecule has 0 amide bonds. The Morgan fingerprint density at radius 2 is 2.14 bits per heavy atom. The van der Waals surface area contributed by atoms with Gasteiger partial charge < -0.3 is 14.5 Å². The van der Waals surface area contributed by atoms with Crippen LogP contribution in [0.5, 0.6) is 5.75 Å². The zero-order chi connectivity index (χ0) is 21.0. The highest BCUT2D eigenvalue weighted by molar-refractivity contribution is 7.18. The van der Waals surface area contributed by atoms with Gasteiger partial charge >= 0.3 is 5.97 Å². The third kappa shape index (κ3) is 4.46. The zero-order valence-electron chi connectivity index (χ0n) is 16.6. The van der Waals surface area contributed by atoms with Crippen LogP contribution in [0.3, 0.4) is 0 Å². The van der Waals surface area contributed by atoms with Gasteiger partial charge in [0.05, 0.1) is 12.0 Å². The maximum absolute atomic E-state index is 12.6. The first-order valence-electron chi connectivity index (χ1n) is 9.17. The number of nitrogens with zero attached hydrogens (tertiary/aromatic N) is 1. The van der Waals surface area contributed by atoms with Gasteiger partial charge in [-0.2, -0.15) is 0 Å². The summed E-state index contributed by atoms with van der Waals surface area (Å²) >= 11 is 1.43. The lowest BCUT2D eigenvalue weighted by Crippen LogP contribution is -2.15. The number of fused-ring (bicyclic) bond motifs is 1. The van der Waals surface area contributed by atoms with E-state index in [-0.39, 0.29) is 23.6 Å². The summed E-state index contributed by atoms with van der Waals surface area (Å²) in [7, 11) is 0. The number of carbonyl (C=O) groups excluding carboxylic acids is 1. The largest absolute Gasteiger partial charge is 0.490 e. The van der Waals surface area contributed by atoms with Gasteiger partial charge in [-0.15, -0.1) is 11.3 Å². The number of aryl methyl sites for hydroxylation is 2. The molecular weight excluding hydrogens is 388 g/mol. The Labute approximate surface area is 172 Å². The number of ether oxygens (including phenoxy) is 2. The highest BCUT2D eigenvalue weighted by Gasteiger charge is 2.19. The number of carbonyl (C=O) groups is 1. The number of hydrogen-bond donors (Lipinski definition) is 1. The van der Waals surface area contributed by atoms with Gasteiger partial charge in [-0.25, -0.2) is 9.78 Å². The predicted molar refractivity (Wildman–Crippen MR) is 116 cm³/mol. The van der Waals surface area contributed by atoms with Gasteiger partial charge in [0, 0.05) is 4.88 Å². The Bertz CT molecular complexity index is 1160. The Kier molecular flexibility index (Phi) is 6.29. The number of nitrogens with one attached hydrogen (secondary N) is 1. The third-order valence-electron chi connectivity index (χ3n) is 4.33. The molecule has 150 valence electrons. The molecule has 0 atom stereocenters. The van der Waals surface area contributed by atoms with Gasteiger partial charge in [0.2, 0.25) is 0 Å². The molecule has 1 aromatic carbocycles. The molecule has 3 aromatic rings. The van der Waals surface area contributed by atoms with Crippen LogP contribution < -0.4 is 10.3 Å². The summed E-state index contributed by atoms with van der Waals surface area (Å²) in [4.78, 5) is 34.2. The average molecular weight is 410 g/mol. The van der Waals surface area contributed by atoms with Crippen LogP contribution in [0.15, 0.2) is 41.7 Å². The fourth-order valence-corrected chi connectivity index (χ4v) is 3.86. The number of aromatic nitrogens is 2. The maximum atomic E-state index is 12.6. The standard InChI is InChI=1S/C22H22N2O4S/c1-5-10-28-16-9-7-8-15(11-16)12-17(22(26)27-6-2)19-23-20(25)18-13(3)14(4)29-21(18)24-19/h5,7-9,11-12H,1,6,10H2,2-4H3,(H,23,24,25)/b17-12-. The van der Waals surface area contributed by atoms with E-state index in [1.807, 2.05) is 32.0 Å². The van der Waals surface area contributed by atoms with E-state index in [0.29, 0.717) is 22.6 Å². The summed E-state index contributed by atoms with van der Waals surface area (Å²) in [6, 6.07) is 7.25. The Hall–Kier alpha value is -3.19. The highest BCUT2D eigenvalue weighted by atomic mass is 32.1. The summed E-state index contributed by atoms with van der Waals surface area (Å²) in [6.45, 7) is 9.78. The van der Waals surface area contributed by atoms with E-state index in [1.54, 1.807) is 25.1 Å². The first-order chi connectivity index (χ1) is 13.9. The minimum Gasteiger partial charge on any atom is -0.490 e. The van der Waals surface area contributed by atoms with E-state index in [2.05, 4.69) is 16.5 Å². The molecular formula is C22H22N2O4S. The summed E-state index contributed by atoms with van der Waals surface area (Å²) in [6.07, 6.45) is 3.29. The second-order valence-electron chi connectivity index (χ2n) is 6.33. The van der Waals surface area contributed by atoms with E-state index in [9.17, 15) is 9.59 Å². The molecule has 0 aliphatic carbocycles. The number of thiophene rings is 1. The second-order valence-corrected chi connectivity index (χ2v) is 7.53. The van der Waals surface area contributed by atoms with Crippen LogP contribution in [0.4, 0.5) is 0 Å². The van der Waals surface area contributed by atoms with Crippen molar-refractivity contribution in [2.75, 3.05) is 13.2 Å². The molecule has 0 spiro atoms. The number of rotatable bonds is 7.